The van der Waals surface area contributed by atoms with E-state index < -0.39 is 0 Å². The standard InChI is InChI=1S/C15H22BrNO2/c1-2-7-17-9-13-5-6-15(14(16)8-13)19-11-18-10-12-3-4-12/h5-6,8,12,17H,2-4,7,9-11H2,1H3. The van der Waals surface area contributed by atoms with Gasteiger partial charge in [0.05, 0.1) is 11.1 Å². The zero-order chi connectivity index (χ0) is 13.5. The SMILES string of the molecule is CCCNCc1ccc(OCOCC2CC2)c(Br)c1. The average Bonchev–Trinajstić information content (AvgIpc) is 3.21. The van der Waals surface area contributed by atoms with E-state index in [1.807, 2.05) is 6.07 Å². The van der Waals surface area contributed by atoms with E-state index in [1.54, 1.807) is 0 Å². The van der Waals surface area contributed by atoms with Crippen molar-refractivity contribution < 1.29 is 9.47 Å². The van der Waals surface area contributed by atoms with Crippen LogP contribution < -0.4 is 10.1 Å². The summed E-state index contributed by atoms with van der Waals surface area (Å²) in [6.45, 7) is 5.27. The van der Waals surface area contributed by atoms with Crippen LogP contribution in [0.5, 0.6) is 5.75 Å². The first-order chi connectivity index (χ1) is 9.29. The van der Waals surface area contributed by atoms with Crippen LogP contribution in [0.25, 0.3) is 0 Å². The quantitative estimate of drug-likeness (QED) is 0.554. The van der Waals surface area contributed by atoms with E-state index in [4.69, 9.17) is 9.47 Å². The monoisotopic (exact) mass is 327 g/mol. The Labute approximate surface area is 123 Å². The molecule has 0 bridgehead atoms. The van der Waals surface area contributed by atoms with E-state index in [2.05, 4.69) is 40.3 Å². The zero-order valence-electron chi connectivity index (χ0n) is 11.5. The van der Waals surface area contributed by atoms with Gasteiger partial charge in [0.2, 0.25) is 0 Å². The molecule has 0 spiro atoms. The van der Waals surface area contributed by atoms with E-state index >= 15 is 0 Å². The van der Waals surface area contributed by atoms with Crippen LogP contribution in [0.3, 0.4) is 0 Å². The summed E-state index contributed by atoms with van der Waals surface area (Å²) in [5.74, 6) is 1.62. The highest BCUT2D eigenvalue weighted by atomic mass is 79.9. The van der Waals surface area contributed by atoms with Gasteiger partial charge in [0.1, 0.15) is 5.75 Å². The lowest BCUT2D eigenvalue weighted by atomic mass is 10.2. The minimum atomic E-state index is 0.336. The summed E-state index contributed by atoms with van der Waals surface area (Å²) in [4.78, 5) is 0. The first-order valence-corrected chi connectivity index (χ1v) is 7.78. The van der Waals surface area contributed by atoms with Gasteiger partial charge in [-0.25, -0.2) is 0 Å². The topological polar surface area (TPSA) is 30.5 Å². The lowest BCUT2D eigenvalue weighted by molar-refractivity contribution is 0.00956. The molecular formula is C15H22BrNO2. The van der Waals surface area contributed by atoms with E-state index in [0.29, 0.717) is 6.79 Å². The summed E-state index contributed by atoms with van der Waals surface area (Å²) < 4.78 is 12.1. The fraction of sp³-hybridized carbons (Fsp3) is 0.600. The molecule has 0 radical (unpaired) electrons. The van der Waals surface area contributed by atoms with Crippen LogP contribution >= 0.6 is 15.9 Å². The highest BCUT2D eigenvalue weighted by Crippen LogP contribution is 2.29. The van der Waals surface area contributed by atoms with Crippen LogP contribution in [0.4, 0.5) is 0 Å². The first-order valence-electron chi connectivity index (χ1n) is 6.99. The average molecular weight is 328 g/mol. The minimum absolute atomic E-state index is 0.336. The van der Waals surface area contributed by atoms with Crippen molar-refractivity contribution in [2.45, 2.75) is 32.7 Å². The van der Waals surface area contributed by atoms with Gasteiger partial charge in [0.15, 0.2) is 6.79 Å². The van der Waals surface area contributed by atoms with Gasteiger partial charge in [0.25, 0.3) is 0 Å². The Balaban J connectivity index is 1.73. The molecule has 19 heavy (non-hydrogen) atoms. The molecule has 1 saturated carbocycles. The van der Waals surface area contributed by atoms with Gasteiger partial charge in [-0.15, -0.1) is 0 Å². The highest BCUT2D eigenvalue weighted by molar-refractivity contribution is 9.10. The largest absolute Gasteiger partial charge is 0.466 e. The summed E-state index contributed by atoms with van der Waals surface area (Å²) in [6.07, 6.45) is 3.77. The Morgan fingerprint density at radius 3 is 2.89 bits per heavy atom. The molecule has 1 aromatic carbocycles. The Bertz CT molecular complexity index is 394. The molecule has 1 aromatic rings. The Kier molecular flexibility index (Phi) is 6.14. The number of benzene rings is 1. The number of hydrogen-bond donors (Lipinski definition) is 1. The molecule has 1 aliphatic carbocycles. The van der Waals surface area contributed by atoms with Crippen LogP contribution in [-0.2, 0) is 11.3 Å². The molecule has 0 amide bonds. The highest BCUT2D eigenvalue weighted by Gasteiger charge is 2.21. The molecule has 0 aromatic heterocycles. The number of halogens is 1. The second-order valence-corrected chi connectivity index (χ2v) is 5.87. The summed E-state index contributed by atoms with van der Waals surface area (Å²) in [5.41, 5.74) is 1.26. The molecule has 1 N–H and O–H groups in total. The fourth-order valence-electron chi connectivity index (χ4n) is 1.79. The lowest BCUT2D eigenvalue weighted by Gasteiger charge is -2.10. The second-order valence-electron chi connectivity index (χ2n) is 5.02. The third-order valence-corrected chi connectivity index (χ3v) is 3.72. The van der Waals surface area contributed by atoms with Gasteiger partial charge in [-0.05, 0) is 65.4 Å². The third kappa shape index (κ3) is 5.51. The molecule has 0 heterocycles. The maximum atomic E-state index is 5.61. The van der Waals surface area contributed by atoms with Gasteiger partial charge in [-0.1, -0.05) is 13.0 Å². The smallest absolute Gasteiger partial charge is 0.189 e. The Morgan fingerprint density at radius 2 is 2.21 bits per heavy atom. The van der Waals surface area contributed by atoms with Crippen molar-refractivity contribution in [2.24, 2.45) is 5.92 Å². The molecule has 0 atom stereocenters. The van der Waals surface area contributed by atoms with Crippen LogP contribution in [-0.4, -0.2) is 19.9 Å². The van der Waals surface area contributed by atoms with Gasteiger partial charge in [0, 0.05) is 6.54 Å². The van der Waals surface area contributed by atoms with Crippen molar-refractivity contribution in [1.29, 1.82) is 0 Å². The number of hydrogen-bond acceptors (Lipinski definition) is 3. The van der Waals surface area contributed by atoms with Crippen LogP contribution in [0.1, 0.15) is 31.7 Å². The van der Waals surface area contributed by atoms with Crippen LogP contribution in [0.2, 0.25) is 0 Å². The van der Waals surface area contributed by atoms with Crippen LogP contribution in [0, 0.1) is 5.92 Å². The predicted octanol–water partition coefficient (Wildman–Crippen LogP) is 3.71. The fourth-order valence-corrected chi connectivity index (χ4v) is 2.33. The lowest BCUT2D eigenvalue weighted by Crippen LogP contribution is -2.13. The van der Waals surface area contributed by atoms with Crippen molar-refractivity contribution in [3.8, 4) is 5.75 Å². The first kappa shape index (κ1) is 14.8. The zero-order valence-corrected chi connectivity index (χ0v) is 13.0. The summed E-state index contributed by atoms with van der Waals surface area (Å²) in [6, 6.07) is 6.18. The molecule has 4 heteroatoms. The molecule has 1 fully saturated rings. The van der Waals surface area contributed by atoms with Crippen molar-refractivity contribution in [3.05, 3.63) is 28.2 Å². The normalized spacial score (nSPS) is 14.6. The molecule has 0 aliphatic heterocycles. The van der Waals surface area contributed by atoms with E-state index in [-0.39, 0.29) is 0 Å². The van der Waals surface area contributed by atoms with E-state index in [1.165, 1.54) is 18.4 Å². The van der Waals surface area contributed by atoms with Crippen molar-refractivity contribution in [3.63, 3.8) is 0 Å². The van der Waals surface area contributed by atoms with Gasteiger partial charge in [-0.3, -0.25) is 0 Å². The number of ether oxygens (including phenoxy) is 2. The Morgan fingerprint density at radius 1 is 1.37 bits per heavy atom. The molecule has 0 saturated heterocycles. The number of rotatable bonds is 9. The second kappa shape index (κ2) is 7.88. The van der Waals surface area contributed by atoms with E-state index in [0.717, 1.165) is 42.3 Å². The molecule has 2 rings (SSSR count). The van der Waals surface area contributed by atoms with Gasteiger partial charge >= 0.3 is 0 Å². The summed E-state index contributed by atoms with van der Waals surface area (Å²) in [7, 11) is 0. The molecule has 1 aliphatic rings. The minimum Gasteiger partial charge on any atom is -0.466 e. The molecular weight excluding hydrogens is 306 g/mol. The number of nitrogens with one attached hydrogen (secondary N) is 1. The third-order valence-electron chi connectivity index (χ3n) is 3.10. The van der Waals surface area contributed by atoms with Gasteiger partial charge < -0.3 is 14.8 Å². The maximum Gasteiger partial charge on any atom is 0.189 e. The van der Waals surface area contributed by atoms with Gasteiger partial charge in [-0.2, -0.15) is 0 Å². The van der Waals surface area contributed by atoms with Crippen molar-refractivity contribution in [2.75, 3.05) is 19.9 Å². The summed E-state index contributed by atoms with van der Waals surface area (Å²) >= 11 is 3.54. The van der Waals surface area contributed by atoms with E-state index in [9.17, 15) is 0 Å². The molecule has 106 valence electrons. The van der Waals surface area contributed by atoms with Crippen LogP contribution in [0.15, 0.2) is 22.7 Å². The summed E-state index contributed by atoms with van der Waals surface area (Å²) in [5, 5.41) is 3.38. The predicted molar refractivity (Wildman–Crippen MR) is 80.3 cm³/mol. The Hall–Kier alpha value is -0.580. The molecule has 0 unspecified atom stereocenters. The van der Waals surface area contributed by atoms with Crippen molar-refractivity contribution >= 4 is 15.9 Å². The maximum absolute atomic E-state index is 5.61. The van der Waals surface area contributed by atoms with Crippen molar-refractivity contribution in [1.82, 2.24) is 5.32 Å². The molecule has 3 nitrogen and oxygen atoms in total.